The molecule has 0 radical (unpaired) electrons. The predicted molar refractivity (Wildman–Crippen MR) is 95.8 cm³/mol. The molecular weight excluding hydrogens is 363 g/mol. The van der Waals surface area contributed by atoms with Crippen LogP contribution in [-0.2, 0) is 4.43 Å². The van der Waals surface area contributed by atoms with E-state index in [0.29, 0.717) is 0 Å². The molecule has 0 amide bonds. The molecule has 0 aromatic heterocycles. The first kappa shape index (κ1) is 16.9. The fourth-order valence-corrected chi connectivity index (χ4v) is 4.13. The second-order valence-corrected chi connectivity index (χ2v) is 10.6. The van der Waals surface area contributed by atoms with E-state index in [4.69, 9.17) is 4.43 Å². The second-order valence-electron chi connectivity index (χ2n) is 5.30. The number of hydrogen-bond acceptors (Lipinski definition) is 1. The lowest BCUT2D eigenvalue weighted by atomic mass is 10.2. The highest BCUT2D eigenvalue weighted by molar-refractivity contribution is 14.1. The van der Waals surface area contributed by atoms with Crippen molar-refractivity contribution >= 4 is 36.1 Å². The summed E-state index contributed by atoms with van der Waals surface area (Å²) in [6, 6.07) is 10.6. The number of halogens is 1. The molecule has 0 aliphatic rings. The minimum absolute atomic E-state index is 0.749. The van der Waals surface area contributed by atoms with Crippen molar-refractivity contribution in [2.75, 3.05) is 6.61 Å². The molecule has 0 atom stereocenters. The average Bonchev–Trinajstić information content (AvgIpc) is 2.40. The van der Waals surface area contributed by atoms with E-state index in [-0.39, 0.29) is 0 Å². The van der Waals surface area contributed by atoms with Gasteiger partial charge in [0.15, 0.2) is 0 Å². The van der Waals surface area contributed by atoms with Gasteiger partial charge in [-0.15, -0.1) is 0 Å². The molecule has 1 rings (SSSR count). The first-order chi connectivity index (χ1) is 9.06. The number of unbranched alkanes of at least 4 members (excludes halogenated alkanes) is 2. The molecule has 1 nitrogen and oxygen atoms in total. The zero-order valence-corrected chi connectivity index (χ0v) is 15.4. The summed E-state index contributed by atoms with van der Waals surface area (Å²) in [6.45, 7) is 7.52. The Morgan fingerprint density at radius 1 is 1.21 bits per heavy atom. The summed E-state index contributed by atoms with van der Waals surface area (Å²) < 4.78 is 7.58. The van der Waals surface area contributed by atoms with Crippen molar-refractivity contribution in [2.45, 2.75) is 45.7 Å². The molecule has 0 unspecified atom stereocenters. The zero-order chi connectivity index (χ0) is 14.1. The van der Waals surface area contributed by atoms with Crippen LogP contribution in [-0.4, -0.2) is 14.9 Å². The van der Waals surface area contributed by atoms with E-state index in [1.54, 1.807) is 0 Å². The summed E-state index contributed by atoms with van der Waals surface area (Å²) in [7, 11) is -1.73. The van der Waals surface area contributed by atoms with Crippen LogP contribution in [0.4, 0.5) is 0 Å². The fraction of sp³-hybridized carbons (Fsp3) is 0.500. The molecule has 3 heteroatoms. The van der Waals surface area contributed by atoms with Crippen molar-refractivity contribution < 1.29 is 4.43 Å². The largest absolute Gasteiger partial charge is 0.409 e. The van der Waals surface area contributed by atoms with Crippen LogP contribution in [0.25, 0.3) is 0 Å². The Bertz CT molecular complexity index is 387. The molecule has 0 saturated heterocycles. The number of allylic oxidation sites excluding steroid dienone is 1. The molecule has 0 aliphatic carbocycles. The van der Waals surface area contributed by atoms with Gasteiger partial charge in [-0.05, 0) is 57.3 Å². The van der Waals surface area contributed by atoms with Gasteiger partial charge in [0.25, 0.3) is 0 Å². The minimum atomic E-state index is -1.73. The Balaban J connectivity index is 2.41. The third kappa shape index (κ3) is 6.72. The molecule has 0 N–H and O–H groups in total. The van der Waals surface area contributed by atoms with Gasteiger partial charge >= 0.3 is 0 Å². The van der Waals surface area contributed by atoms with Gasteiger partial charge in [-0.2, -0.15) is 0 Å². The quantitative estimate of drug-likeness (QED) is 0.345. The van der Waals surface area contributed by atoms with Gasteiger partial charge in [0.2, 0.25) is 8.32 Å². The van der Waals surface area contributed by atoms with Crippen LogP contribution in [0.3, 0.4) is 0 Å². The summed E-state index contributed by atoms with van der Waals surface area (Å²) in [5.41, 5.74) is 0. The topological polar surface area (TPSA) is 9.23 Å². The van der Waals surface area contributed by atoms with E-state index >= 15 is 0 Å². The van der Waals surface area contributed by atoms with E-state index in [1.807, 2.05) is 0 Å². The van der Waals surface area contributed by atoms with Gasteiger partial charge < -0.3 is 4.43 Å². The lowest BCUT2D eigenvalue weighted by Crippen LogP contribution is -2.44. The molecule has 1 aromatic carbocycles. The van der Waals surface area contributed by atoms with Gasteiger partial charge in [-0.1, -0.05) is 56.2 Å². The van der Waals surface area contributed by atoms with Crippen molar-refractivity contribution in [1.29, 1.82) is 0 Å². The Morgan fingerprint density at radius 3 is 2.53 bits per heavy atom. The van der Waals surface area contributed by atoms with E-state index < -0.39 is 8.32 Å². The highest BCUT2D eigenvalue weighted by Crippen LogP contribution is 2.16. The van der Waals surface area contributed by atoms with Crippen LogP contribution in [0.15, 0.2) is 40.0 Å². The van der Waals surface area contributed by atoms with Gasteiger partial charge in [0.05, 0.1) is 6.61 Å². The van der Waals surface area contributed by atoms with E-state index in [2.05, 4.69) is 79.0 Å². The highest BCUT2D eigenvalue weighted by atomic mass is 127. The van der Waals surface area contributed by atoms with Crippen molar-refractivity contribution in [3.63, 3.8) is 0 Å². The van der Waals surface area contributed by atoms with Gasteiger partial charge in [0, 0.05) is 0 Å². The Labute approximate surface area is 132 Å². The first-order valence-electron chi connectivity index (χ1n) is 7.10. The van der Waals surface area contributed by atoms with E-state index in [9.17, 15) is 0 Å². The number of hydrogen-bond donors (Lipinski definition) is 0. The first-order valence-corrected chi connectivity index (χ1v) is 11.1. The summed E-state index contributed by atoms with van der Waals surface area (Å²) in [6.07, 6.45) is 7.35. The van der Waals surface area contributed by atoms with E-state index in [1.165, 1.54) is 34.4 Å². The minimum Gasteiger partial charge on any atom is -0.409 e. The Kier molecular flexibility index (Phi) is 7.95. The molecular formula is C16H25IOSi. The SMILES string of the molecule is CCCCC/C(I)=C/CO[Si](C)(C)c1ccccc1. The highest BCUT2D eigenvalue weighted by Gasteiger charge is 2.24. The van der Waals surface area contributed by atoms with Crippen molar-refractivity contribution in [1.82, 2.24) is 0 Å². The maximum Gasteiger partial charge on any atom is 0.218 e. The van der Waals surface area contributed by atoms with Crippen molar-refractivity contribution in [2.24, 2.45) is 0 Å². The fourth-order valence-electron chi connectivity index (χ4n) is 1.91. The summed E-state index contributed by atoms with van der Waals surface area (Å²) in [5.74, 6) is 0. The van der Waals surface area contributed by atoms with Crippen LogP contribution < -0.4 is 5.19 Å². The van der Waals surface area contributed by atoms with Crippen LogP contribution in [0.1, 0.15) is 32.6 Å². The van der Waals surface area contributed by atoms with Crippen LogP contribution in [0, 0.1) is 0 Å². The lowest BCUT2D eigenvalue weighted by Gasteiger charge is -2.22. The molecule has 0 aliphatic heterocycles. The van der Waals surface area contributed by atoms with Gasteiger partial charge in [0.1, 0.15) is 0 Å². The maximum atomic E-state index is 6.15. The second kappa shape index (κ2) is 8.92. The van der Waals surface area contributed by atoms with Crippen molar-refractivity contribution in [3.05, 3.63) is 40.0 Å². The number of rotatable bonds is 8. The Morgan fingerprint density at radius 2 is 1.89 bits per heavy atom. The molecule has 0 spiro atoms. The molecule has 0 fully saturated rings. The average molecular weight is 388 g/mol. The molecule has 0 bridgehead atoms. The molecule has 0 heterocycles. The van der Waals surface area contributed by atoms with Crippen LogP contribution >= 0.6 is 22.6 Å². The molecule has 0 saturated carbocycles. The Hall–Kier alpha value is -0.133. The lowest BCUT2D eigenvalue weighted by molar-refractivity contribution is 0.362. The number of benzene rings is 1. The molecule has 19 heavy (non-hydrogen) atoms. The third-order valence-corrected chi connectivity index (χ3v) is 6.83. The third-order valence-electron chi connectivity index (χ3n) is 3.24. The van der Waals surface area contributed by atoms with Crippen molar-refractivity contribution in [3.8, 4) is 0 Å². The van der Waals surface area contributed by atoms with E-state index in [0.717, 1.165) is 6.61 Å². The smallest absolute Gasteiger partial charge is 0.218 e. The van der Waals surface area contributed by atoms with Gasteiger partial charge in [-0.25, -0.2) is 0 Å². The summed E-state index contributed by atoms with van der Waals surface area (Å²) in [4.78, 5) is 0. The summed E-state index contributed by atoms with van der Waals surface area (Å²) >= 11 is 2.44. The zero-order valence-electron chi connectivity index (χ0n) is 12.3. The molecule has 106 valence electrons. The van der Waals surface area contributed by atoms with Crippen LogP contribution in [0.2, 0.25) is 13.1 Å². The normalized spacial score (nSPS) is 12.7. The molecule has 1 aromatic rings. The standard InChI is InChI=1S/C16H25IOSi/c1-4-5-7-10-15(17)13-14-18-19(2,3)16-11-8-6-9-12-16/h6,8-9,11-13H,4-5,7,10,14H2,1-3H3/b15-13-. The van der Waals surface area contributed by atoms with Crippen LogP contribution in [0.5, 0.6) is 0 Å². The summed E-state index contributed by atoms with van der Waals surface area (Å²) in [5, 5.41) is 1.37. The maximum absolute atomic E-state index is 6.15. The van der Waals surface area contributed by atoms with Gasteiger partial charge in [-0.3, -0.25) is 0 Å². The predicted octanol–water partition coefficient (Wildman–Crippen LogP) is 5.01. The monoisotopic (exact) mass is 388 g/mol.